The third-order valence-electron chi connectivity index (χ3n) is 5.66. The predicted molar refractivity (Wildman–Crippen MR) is 110 cm³/mol. The quantitative estimate of drug-likeness (QED) is 0.442. The molecule has 0 radical (unpaired) electrons. The van der Waals surface area contributed by atoms with E-state index in [-0.39, 0.29) is 37.3 Å². The van der Waals surface area contributed by atoms with Crippen LogP contribution in [0.1, 0.15) is 32.1 Å². The molecule has 0 heterocycles. The maximum Gasteiger partial charge on any atom is 0.314 e. The molecule has 0 aromatic heterocycles. The topological polar surface area (TPSA) is 72.8 Å². The van der Waals surface area contributed by atoms with Gasteiger partial charge in [0.15, 0.2) is 0 Å². The van der Waals surface area contributed by atoms with E-state index in [4.69, 9.17) is 9.47 Å². The van der Waals surface area contributed by atoms with E-state index in [1.165, 1.54) is 0 Å². The van der Waals surface area contributed by atoms with Crippen LogP contribution in [0.3, 0.4) is 0 Å². The molecular formula is C24H27FO5. The first-order chi connectivity index (χ1) is 14.5. The van der Waals surface area contributed by atoms with Crippen LogP contribution in [0, 0.1) is 17.8 Å². The van der Waals surface area contributed by atoms with E-state index in [0.29, 0.717) is 30.8 Å². The summed E-state index contributed by atoms with van der Waals surface area (Å²) in [7, 11) is 0. The van der Waals surface area contributed by atoms with Crippen LogP contribution >= 0.6 is 0 Å². The molecule has 30 heavy (non-hydrogen) atoms. The van der Waals surface area contributed by atoms with Gasteiger partial charge in [0.05, 0.1) is 5.92 Å². The summed E-state index contributed by atoms with van der Waals surface area (Å²) in [5.74, 6) is -0.986. The first kappa shape index (κ1) is 21.8. The normalized spacial score (nSPS) is 21.7. The molecule has 5 nitrogen and oxygen atoms in total. The van der Waals surface area contributed by atoms with Crippen molar-refractivity contribution in [2.45, 2.75) is 38.3 Å². The number of halogens is 1. The predicted octanol–water partition coefficient (Wildman–Crippen LogP) is 4.91. The fraction of sp³-hybridized carbons (Fsp3) is 0.417. The van der Waals surface area contributed by atoms with Crippen LogP contribution in [0.4, 0.5) is 4.39 Å². The molecule has 2 aromatic carbocycles. The van der Waals surface area contributed by atoms with Gasteiger partial charge in [0.25, 0.3) is 0 Å². The lowest BCUT2D eigenvalue weighted by atomic mass is 9.83. The zero-order valence-electron chi connectivity index (χ0n) is 16.8. The molecule has 2 unspecified atom stereocenters. The third-order valence-corrected chi connectivity index (χ3v) is 5.66. The van der Waals surface area contributed by atoms with E-state index < -0.39 is 18.1 Å². The van der Waals surface area contributed by atoms with Crippen molar-refractivity contribution in [3.8, 4) is 11.5 Å². The Hall–Kier alpha value is -2.89. The van der Waals surface area contributed by atoms with Crippen molar-refractivity contribution in [2.24, 2.45) is 17.8 Å². The van der Waals surface area contributed by atoms with E-state index in [9.17, 15) is 19.1 Å². The Balaban J connectivity index is 1.57. The summed E-state index contributed by atoms with van der Waals surface area (Å²) in [6.45, 7) is -0.0700. The molecular weight excluding hydrogens is 387 g/mol. The number of ether oxygens (including phenoxy) is 2. The van der Waals surface area contributed by atoms with Gasteiger partial charge < -0.3 is 14.6 Å². The number of hydrogen-bond acceptors (Lipinski definition) is 4. The molecule has 4 atom stereocenters. The molecule has 1 N–H and O–H groups in total. The van der Waals surface area contributed by atoms with Crippen LogP contribution in [-0.2, 0) is 9.59 Å². The Kier molecular flexibility index (Phi) is 7.82. The van der Waals surface area contributed by atoms with Crippen molar-refractivity contribution in [3.63, 3.8) is 0 Å². The van der Waals surface area contributed by atoms with Gasteiger partial charge >= 0.3 is 11.9 Å². The van der Waals surface area contributed by atoms with Crippen LogP contribution in [0.2, 0.25) is 0 Å². The van der Waals surface area contributed by atoms with E-state index in [1.807, 2.05) is 24.3 Å². The lowest BCUT2D eigenvalue weighted by Gasteiger charge is -2.24. The van der Waals surface area contributed by atoms with Gasteiger partial charge in [-0.2, -0.15) is 0 Å². The summed E-state index contributed by atoms with van der Waals surface area (Å²) in [6, 6.07) is 17.8. The minimum Gasteiger partial charge on any atom is -0.491 e. The highest BCUT2D eigenvalue weighted by Crippen LogP contribution is 2.43. The van der Waals surface area contributed by atoms with Crippen LogP contribution in [0.15, 0.2) is 60.7 Å². The number of carbonyl (C=O) groups is 2. The van der Waals surface area contributed by atoms with Crippen molar-refractivity contribution in [3.05, 3.63) is 60.7 Å². The number of carboxylic acids is 1. The van der Waals surface area contributed by atoms with Gasteiger partial charge in [0, 0.05) is 6.42 Å². The number of hydrogen-bond donors (Lipinski definition) is 1. The van der Waals surface area contributed by atoms with E-state index in [2.05, 4.69) is 0 Å². The zero-order chi connectivity index (χ0) is 21.3. The van der Waals surface area contributed by atoms with E-state index in [0.717, 1.165) is 0 Å². The first-order valence-corrected chi connectivity index (χ1v) is 10.3. The number of aliphatic carboxylic acids is 1. The summed E-state index contributed by atoms with van der Waals surface area (Å²) < 4.78 is 25.4. The Morgan fingerprint density at radius 2 is 1.63 bits per heavy atom. The molecule has 6 heteroatoms. The lowest BCUT2D eigenvalue weighted by molar-refractivity contribution is -0.142. The standard InChI is InChI=1S/C24H27FO5/c25-18(16-29-19-7-3-1-4-8-19)12-14-21-17(15-23(26)27)11-13-22(21)24(28)30-20-9-5-2-6-10-20/h1-10,17-18,21-22H,11-16H2,(H,26,27)/t17-,18?,21?,22-/m1/s1. The molecule has 0 bridgehead atoms. The van der Waals surface area contributed by atoms with Crippen molar-refractivity contribution >= 4 is 11.9 Å². The number of esters is 1. The minimum absolute atomic E-state index is 0.0166. The summed E-state index contributed by atoms with van der Waals surface area (Å²) in [6.07, 6.45) is 0.614. The maximum absolute atomic E-state index is 14.4. The van der Waals surface area contributed by atoms with Crippen molar-refractivity contribution in [1.82, 2.24) is 0 Å². The van der Waals surface area contributed by atoms with Gasteiger partial charge in [-0.05, 0) is 61.8 Å². The number of rotatable bonds is 10. The molecule has 0 saturated heterocycles. The SMILES string of the molecule is O=C(O)C[C@H]1CC[C@@H](C(=O)Oc2ccccc2)C1CCC(F)COc1ccccc1. The number of alkyl halides is 1. The Morgan fingerprint density at radius 1 is 1.00 bits per heavy atom. The van der Waals surface area contributed by atoms with Gasteiger partial charge in [-0.3, -0.25) is 9.59 Å². The second kappa shape index (κ2) is 10.8. The number of carboxylic acid groups (broad SMARTS) is 1. The molecule has 0 spiro atoms. The van der Waals surface area contributed by atoms with Crippen molar-refractivity contribution in [1.29, 1.82) is 0 Å². The van der Waals surface area contributed by atoms with Gasteiger partial charge in [0.2, 0.25) is 0 Å². The molecule has 1 fully saturated rings. The number of carbonyl (C=O) groups excluding carboxylic acids is 1. The molecule has 3 rings (SSSR count). The smallest absolute Gasteiger partial charge is 0.314 e. The van der Waals surface area contributed by atoms with Gasteiger partial charge in [0.1, 0.15) is 24.3 Å². The second-order valence-electron chi connectivity index (χ2n) is 7.74. The molecule has 160 valence electrons. The fourth-order valence-electron chi connectivity index (χ4n) is 4.20. The average Bonchev–Trinajstić information content (AvgIpc) is 3.14. The average molecular weight is 414 g/mol. The monoisotopic (exact) mass is 414 g/mol. The van der Waals surface area contributed by atoms with Crippen molar-refractivity contribution < 1.29 is 28.6 Å². The maximum atomic E-state index is 14.4. The summed E-state index contributed by atoms with van der Waals surface area (Å²) in [5.41, 5.74) is 0. The molecule has 2 aromatic rings. The summed E-state index contributed by atoms with van der Waals surface area (Å²) in [4.78, 5) is 24.0. The zero-order valence-corrected chi connectivity index (χ0v) is 16.8. The fourth-order valence-corrected chi connectivity index (χ4v) is 4.20. The lowest BCUT2D eigenvalue weighted by Crippen LogP contribution is -2.28. The first-order valence-electron chi connectivity index (χ1n) is 10.3. The molecule has 0 amide bonds. The number of benzene rings is 2. The van der Waals surface area contributed by atoms with E-state index in [1.54, 1.807) is 36.4 Å². The Bertz CT molecular complexity index is 811. The number of para-hydroxylation sites is 2. The van der Waals surface area contributed by atoms with Crippen molar-refractivity contribution in [2.75, 3.05) is 6.61 Å². The molecule has 1 aliphatic carbocycles. The summed E-state index contributed by atoms with van der Waals surface area (Å²) >= 11 is 0. The summed E-state index contributed by atoms with van der Waals surface area (Å²) in [5, 5.41) is 9.23. The van der Waals surface area contributed by atoms with Gasteiger partial charge in [-0.1, -0.05) is 36.4 Å². The Morgan fingerprint density at radius 3 is 2.27 bits per heavy atom. The van der Waals surface area contributed by atoms with Gasteiger partial charge in [-0.15, -0.1) is 0 Å². The highest BCUT2D eigenvalue weighted by molar-refractivity contribution is 5.76. The third kappa shape index (κ3) is 6.31. The van der Waals surface area contributed by atoms with E-state index >= 15 is 0 Å². The molecule has 0 aliphatic heterocycles. The van der Waals surface area contributed by atoms with Crippen LogP contribution in [0.25, 0.3) is 0 Å². The highest BCUT2D eigenvalue weighted by Gasteiger charge is 2.42. The Labute approximate surface area is 175 Å². The van der Waals surface area contributed by atoms with Crippen LogP contribution < -0.4 is 9.47 Å². The largest absolute Gasteiger partial charge is 0.491 e. The second-order valence-corrected chi connectivity index (χ2v) is 7.74. The highest BCUT2D eigenvalue weighted by atomic mass is 19.1. The van der Waals surface area contributed by atoms with Crippen LogP contribution in [0.5, 0.6) is 11.5 Å². The van der Waals surface area contributed by atoms with Crippen LogP contribution in [-0.4, -0.2) is 29.8 Å². The molecule has 1 saturated carbocycles. The minimum atomic E-state index is -1.19. The molecule has 1 aliphatic rings. The van der Waals surface area contributed by atoms with Gasteiger partial charge in [-0.25, -0.2) is 4.39 Å².